The number of aryl methyl sites for hydroxylation is 1. The Morgan fingerprint density at radius 3 is 2.39 bits per heavy atom. The van der Waals surface area contributed by atoms with E-state index in [-0.39, 0.29) is 11.8 Å². The van der Waals surface area contributed by atoms with Crippen LogP contribution < -0.4 is 10.3 Å². The van der Waals surface area contributed by atoms with Crippen LogP contribution in [0.4, 0.5) is 5.82 Å². The number of anilines is 1. The van der Waals surface area contributed by atoms with Gasteiger partial charge in [0, 0.05) is 45.2 Å². The van der Waals surface area contributed by atoms with Gasteiger partial charge in [0.1, 0.15) is 0 Å². The van der Waals surface area contributed by atoms with Crippen LogP contribution in [0.5, 0.6) is 0 Å². The topological polar surface area (TPSA) is 64.6 Å². The maximum Gasteiger partial charge on any atom is 0.237 e. The maximum absolute atomic E-state index is 12.4. The van der Waals surface area contributed by atoms with E-state index < -0.39 is 0 Å². The summed E-state index contributed by atoms with van der Waals surface area (Å²) >= 11 is 0. The van der Waals surface area contributed by atoms with Crippen molar-refractivity contribution in [1.29, 1.82) is 0 Å². The molecule has 0 saturated carbocycles. The summed E-state index contributed by atoms with van der Waals surface area (Å²) in [6.45, 7) is 7.47. The number of nitrogens with one attached hydrogen (secondary N) is 1. The van der Waals surface area contributed by atoms with Gasteiger partial charge in [-0.1, -0.05) is 0 Å². The van der Waals surface area contributed by atoms with E-state index in [2.05, 4.69) is 37.5 Å². The molecule has 0 atom stereocenters. The zero-order chi connectivity index (χ0) is 16.2. The van der Waals surface area contributed by atoms with E-state index >= 15 is 0 Å². The fourth-order valence-corrected chi connectivity index (χ4v) is 3.10. The third kappa shape index (κ3) is 4.17. The van der Waals surface area contributed by atoms with Crippen molar-refractivity contribution in [2.75, 3.05) is 51.2 Å². The molecule has 0 aliphatic carbocycles. The lowest BCUT2D eigenvalue weighted by Crippen LogP contribution is -2.54. The lowest BCUT2D eigenvalue weighted by molar-refractivity contribution is -0.131. The van der Waals surface area contributed by atoms with Gasteiger partial charge in [-0.05, 0) is 38.9 Å². The number of hydrogen-bond donors (Lipinski definition) is 1. The van der Waals surface area contributed by atoms with Crippen molar-refractivity contribution in [2.45, 2.75) is 19.8 Å². The van der Waals surface area contributed by atoms with Crippen molar-refractivity contribution in [2.24, 2.45) is 5.92 Å². The standard InChI is InChI=1S/C16H26N6O/c1-13-3-4-15(18-17-13)21-7-5-14(6-8-21)16(23)19-22-11-9-20(2)10-12-22/h3-4,14H,5-12H2,1-2H3,(H,19,23). The van der Waals surface area contributed by atoms with E-state index in [4.69, 9.17) is 0 Å². The molecule has 0 unspecified atom stereocenters. The molecule has 0 radical (unpaired) electrons. The second-order valence-electron chi connectivity index (χ2n) is 6.56. The number of piperidine rings is 1. The van der Waals surface area contributed by atoms with E-state index in [0.29, 0.717) is 0 Å². The van der Waals surface area contributed by atoms with E-state index in [1.807, 2.05) is 19.1 Å². The molecule has 1 aromatic rings. The van der Waals surface area contributed by atoms with Crippen LogP contribution in [0, 0.1) is 12.8 Å². The SMILES string of the molecule is Cc1ccc(N2CCC(C(=O)NN3CCN(C)CC3)CC2)nn1. The number of nitrogens with zero attached hydrogens (tertiary/aromatic N) is 5. The number of amides is 1. The number of piperazine rings is 1. The minimum Gasteiger partial charge on any atom is -0.355 e. The van der Waals surface area contributed by atoms with Gasteiger partial charge < -0.3 is 9.80 Å². The molecule has 2 aliphatic rings. The number of hydrogen-bond acceptors (Lipinski definition) is 6. The summed E-state index contributed by atoms with van der Waals surface area (Å²) in [7, 11) is 2.11. The van der Waals surface area contributed by atoms with Crippen LogP contribution in [0.25, 0.3) is 0 Å². The first kappa shape index (κ1) is 16.1. The van der Waals surface area contributed by atoms with Crippen LogP contribution in [-0.2, 0) is 4.79 Å². The predicted molar refractivity (Wildman–Crippen MR) is 88.9 cm³/mol. The largest absolute Gasteiger partial charge is 0.355 e. The molecule has 2 fully saturated rings. The van der Waals surface area contributed by atoms with Gasteiger partial charge in [0.05, 0.1) is 5.69 Å². The molecular formula is C16H26N6O. The normalized spacial score (nSPS) is 21.4. The Hall–Kier alpha value is -1.73. The molecule has 2 saturated heterocycles. The quantitative estimate of drug-likeness (QED) is 0.864. The lowest BCUT2D eigenvalue weighted by Gasteiger charge is -2.35. The summed E-state index contributed by atoms with van der Waals surface area (Å²) in [5.74, 6) is 1.18. The van der Waals surface area contributed by atoms with Crippen LogP contribution in [0.1, 0.15) is 18.5 Å². The molecule has 0 aromatic carbocycles. The van der Waals surface area contributed by atoms with Crippen molar-refractivity contribution < 1.29 is 4.79 Å². The van der Waals surface area contributed by atoms with Gasteiger partial charge in [0.15, 0.2) is 5.82 Å². The van der Waals surface area contributed by atoms with Gasteiger partial charge in [-0.2, -0.15) is 5.10 Å². The highest BCUT2D eigenvalue weighted by Crippen LogP contribution is 2.21. The fourth-order valence-electron chi connectivity index (χ4n) is 3.10. The Kier molecular flexibility index (Phi) is 5.07. The highest BCUT2D eigenvalue weighted by atomic mass is 16.2. The van der Waals surface area contributed by atoms with Crippen LogP contribution >= 0.6 is 0 Å². The average molecular weight is 318 g/mol. The van der Waals surface area contributed by atoms with Gasteiger partial charge >= 0.3 is 0 Å². The first-order valence-corrected chi connectivity index (χ1v) is 8.41. The van der Waals surface area contributed by atoms with Crippen molar-refractivity contribution in [3.8, 4) is 0 Å². The number of aromatic nitrogens is 2. The molecule has 2 aliphatic heterocycles. The number of likely N-dealkylation sites (N-methyl/N-ethyl adjacent to an activating group) is 1. The molecular weight excluding hydrogens is 292 g/mol. The summed E-state index contributed by atoms with van der Waals surface area (Å²) in [6, 6.07) is 3.99. The molecule has 7 nitrogen and oxygen atoms in total. The third-order valence-electron chi connectivity index (χ3n) is 4.75. The van der Waals surface area contributed by atoms with Crippen LogP contribution in [0.3, 0.4) is 0 Å². The number of carbonyl (C=O) groups is 1. The molecule has 1 N–H and O–H groups in total. The maximum atomic E-state index is 12.4. The van der Waals surface area contributed by atoms with Gasteiger partial charge in [-0.15, -0.1) is 5.10 Å². The minimum absolute atomic E-state index is 0.101. The second kappa shape index (κ2) is 7.23. The molecule has 1 aromatic heterocycles. The van der Waals surface area contributed by atoms with Crippen LogP contribution in [0.2, 0.25) is 0 Å². The smallest absolute Gasteiger partial charge is 0.237 e. The lowest BCUT2D eigenvalue weighted by atomic mass is 9.96. The summed E-state index contributed by atoms with van der Waals surface area (Å²) in [4.78, 5) is 16.9. The molecule has 3 rings (SSSR count). The zero-order valence-electron chi connectivity index (χ0n) is 14.0. The molecule has 0 spiro atoms. The minimum atomic E-state index is 0.101. The van der Waals surface area contributed by atoms with E-state index in [1.54, 1.807) is 0 Å². The Morgan fingerprint density at radius 2 is 1.78 bits per heavy atom. The van der Waals surface area contributed by atoms with E-state index in [9.17, 15) is 4.79 Å². The van der Waals surface area contributed by atoms with Gasteiger partial charge in [0.25, 0.3) is 0 Å². The Balaban J connectivity index is 1.46. The highest BCUT2D eigenvalue weighted by Gasteiger charge is 2.27. The summed E-state index contributed by atoms with van der Waals surface area (Å²) in [6.07, 6.45) is 1.74. The highest BCUT2D eigenvalue weighted by molar-refractivity contribution is 5.78. The van der Waals surface area contributed by atoms with Crippen LogP contribution in [-0.4, -0.2) is 72.3 Å². The average Bonchev–Trinajstić information content (AvgIpc) is 2.58. The number of rotatable bonds is 3. The molecule has 7 heteroatoms. The monoisotopic (exact) mass is 318 g/mol. The van der Waals surface area contributed by atoms with Gasteiger partial charge in [-0.25, -0.2) is 5.01 Å². The van der Waals surface area contributed by atoms with E-state index in [0.717, 1.165) is 63.6 Å². The first-order chi connectivity index (χ1) is 11.1. The van der Waals surface area contributed by atoms with E-state index in [1.165, 1.54) is 0 Å². The Bertz CT molecular complexity index is 518. The Labute approximate surface area is 137 Å². The van der Waals surface area contributed by atoms with Crippen LogP contribution in [0.15, 0.2) is 12.1 Å². The Morgan fingerprint density at radius 1 is 1.09 bits per heavy atom. The number of carbonyl (C=O) groups excluding carboxylic acids is 1. The molecule has 0 bridgehead atoms. The summed E-state index contributed by atoms with van der Waals surface area (Å²) in [5.41, 5.74) is 4.02. The van der Waals surface area contributed by atoms with Gasteiger partial charge in [-0.3, -0.25) is 10.2 Å². The summed E-state index contributed by atoms with van der Waals surface area (Å²) < 4.78 is 0. The first-order valence-electron chi connectivity index (χ1n) is 8.41. The second-order valence-corrected chi connectivity index (χ2v) is 6.56. The van der Waals surface area contributed by atoms with Gasteiger partial charge in [0.2, 0.25) is 5.91 Å². The molecule has 126 valence electrons. The number of hydrazine groups is 1. The fraction of sp³-hybridized carbons (Fsp3) is 0.688. The molecule has 3 heterocycles. The van der Waals surface area contributed by atoms with Crippen molar-refractivity contribution in [3.05, 3.63) is 17.8 Å². The van der Waals surface area contributed by atoms with Crippen molar-refractivity contribution in [3.63, 3.8) is 0 Å². The molecule has 23 heavy (non-hydrogen) atoms. The van der Waals surface area contributed by atoms with Crippen molar-refractivity contribution >= 4 is 11.7 Å². The zero-order valence-corrected chi connectivity index (χ0v) is 14.0. The van der Waals surface area contributed by atoms with Crippen molar-refractivity contribution in [1.82, 2.24) is 25.5 Å². The molecule has 1 amide bonds. The predicted octanol–water partition coefficient (Wildman–Crippen LogP) is 0.280. The summed E-state index contributed by atoms with van der Waals surface area (Å²) in [5, 5.41) is 10.4. The third-order valence-corrected chi connectivity index (χ3v) is 4.75.